The lowest BCUT2D eigenvalue weighted by molar-refractivity contribution is -0.179. The summed E-state index contributed by atoms with van der Waals surface area (Å²) >= 11 is 17.3. The minimum absolute atomic E-state index is 0.00463. The Hall–Kier alpha value is -7.87. The number of benzene rings is 4. The van der Waals surface area contributed by atoms with Crippen LogP contribution >= 0.6 is 57.4 Å². The number of carbonyl (C=O) groups excluding carboxylic acids is 10. The quantitative estimate of drug-likeness (QED) is 0.0116. The number of ether oxygens (including phenoxy) is 8. The van der Waals surface area contributed by atoms with Gasteiger partial charge in [-0.1, -0.05) is 173 Å². The molecule has 6 amide bonds. The SMILES string of the molecule is COc1ccc(C[C@H]2NC(=O)/C=C/C[C@@H]([C@H](C)[C@H]3O[C@@H]3c3ccc(CN4CCN(C(=O)CCC(C)(C)S)CC4)cc3)OC(=O)[C@H](CC(C)C)OC(=O)C(C)(C)CNC2=O)cc1Cl.COc1ccc(C[C@H]2NC(=O)/C=C/C[C@@H]([C@H](C)[C@H]3O[C@@H]3c3ccc(CN4CCN(C(=O)CCC(C)(C)SSC)CC4)cc3)OC(=O)[C@H](CC(C)C)OC(=O)C(C)(C)CNC2=O)cc1Cl. The van der Waals surface area contributed by atoms with Crippen molar-refractivity contribution in [3.63, 3.8) is 0 Å². The highest BCUT2D eigenvalue weighted by molar-refractivity contribution is 8.76. The predicted molar refractivity (Wildman–Crippen MR) is 494 cm³/mol. The molecule has 0 spiro atoms. The highest BCUT2D eigenvalue weighted by Crippen LogP contribution is 2.47. The largest absolute Gasteiger partial charge is 0.495 e. The summed E-state index contributed by atoms with van der Waals surface area (Å²) < 4.78 is 47.0. The van der Waals surface area contributed by atoms with Crippen LogP contribution < -0.4 is 30.7 Å². The Balaban J connectivity index is 0.000000285. The average Bonchev–Trinajstić information content (AvgIpc) is 1.63. The Morgan fingerprint density at radius 2 is 0.897 bits per heavy atom. The fraction of sp³-hybridized carbons (Fsp3) is 0.600. The van der Waals surface area contributed by atoms with E-state index >= 15 is 0 Å². The first-order valence-corrected chi connectivity index (χ1v) is 47.7. The third-order valence-electron chi connectivity index (χ3n) is 23.6. The number of hydrogen-bond acceptors (Lipinski definition) is 23. The molecule has 0 aliphatic carbocycles. The Labute approximate surface area is 767 Å². The van der Waals surface area contributed by atoms with E-state index in [1.807, 2.05) is 76.0 Å². The topological polar surface area (TPSA) is 312 Å². The third-order valence-corrected chi connectivity index (χ3v) is 27.1. The number of thiol groups is 1. The lowest BCUT2D eigenvalue weighted by Crippen LogP contribution is -2.51. The van der Waals surface area contributed by atoms with Gasteiger partial charge in [0.15, 0.2) is 12.2 Å². The highest BCUT2D eigenvalue weighted by Gasteiger charge is 2.50. The Bertz CT molecular complexity index is 4450. The number of esters is 4. The molecule has 4 aromatic carbocycles. The van der Waals surface area contributed by atoms with Gasteiger partial charge in [-0.2, -0.15) is 12.6 Å². The minimum Gasteiger partial charge on any atom is -0.495 e. The molecule has 0 aromatic heterocycles. The zero-order chi connectivity index (χ0) is 92.1. The predicted octanol–water partition coefficient (Wildman–Crippen LogP) is 13.6. The lowest BCUT2D eigenvalue weighted by Gasteiger charge is -2.35. The standard InChI is InChI=1S/C48H67ClN4O9S2.C47H65ClN4O9S/c1-30(2)25-39-45(57)60-37(11-10-12-40(54)51-36(27-33-15-18-38(59-8)35(49)26-33)44(56)50-29-47(4,5)46(58)61-39)31(3)42-43(62-42)34-16-13-32(14-17-34)28-52-21-23-53(24-22-52)41(55)19-20-48(6,7)64-63-9;1-29(2)24-38-44(56)59-36(10-9-11-39(53)50-35(26-32-14-17-37(58-8)34(48)25-32)43(55)49-28-46(4,5)45(57)60-38)30(3)41-42(61-41)33-15-12-31(13-16-33)27-51-20-22-52(23-21-51)40(54)18-19-47(6,7)62/h10,12-18,26,30-31,36-37,39,42-43H,11,19-25,27-29H2,1-9H3,(H,50,56)(H,51,54);9,11-17,25,29-30,35-36,38,41-42,62H,10,18-24,26-28H2,1-8H3,(H,49,55)(H,50,53)/b12-10+;11-9+/t31-,36+,37-,39-,42+,43+;30-,35+,36-,38-,41+,42+/m00/s1. The lowest BCUT2D eigenvalue weighted by atomic mass is 9.92. The van der Waals surface area contributed by atoms with Gasteiger partial charge < -0.3 is 69.0 Å². The molecule has 126 heavy (non-hydrogen) atoms. The number of amides is 6. The van der Waals surface area contributed by atoms with Crippen molar-refractivity contribution in [2.75, 3.05) is 85.9 Å². The van der Waals surface area contributed by atoms with Gasteiger partial charge in [-0.3, -0.25) is 48.2 Å². The van der Waals surface area contributed by atoms with E-state index in [1.165, 1.54) is 31.9 Å². The van der Waals surface area contributed by atoms with Gasteiger partial charge in [-0.05, 0) is 155 Å². The van der Waals surface area contributed by atoms with E-state index < -0.39 is 94.8 Å². The number of halogens is 2. The van der Waals surface area contributed by atoms with Crippen LogP contribution in [0.2, 0.25) is 10.0 Å². The van der Waals surface area contributed by atoms with Gasteiger partial charge >= 0.3 is 23.9 Å². The smallest absolute Gasteiger partial charge is 0.347 e. The number of epoxide rings is 2. The summed E-state index contributed by atoms with van der Waals surface area (Å²) in [7, 11) is 6.57. The van der Waals surface area contributed by atoms with Crippen molar-refractivity contribution in [1.29, 1.82) is 0 Å². The zero-order valence-electron chi connectivity index (χ0n) is 76.2. The summed E-state index contributed by atoms with van der Waals surface area (Å²) in [5.74, 6) is -3.99. The second kappa shape index (κ2) is 46.6. The minimum atomic E-state index is -1.23. The molecule has 26 nitrogen and oxygen atoms in total. The number of carbonyl (C=O) groups is 10. The summed E-state index contributed by atoms with van der Waals surface area (Å²) in [5, 5.41) is 11.9. The highest BCUT2D eigenvalue weighted by atomic mass is 35.5. The van der Waals surface area contributed by atoms with E-state index in [4.69, 9.17) is 61.1 Å². The van der Waals surface area contributed by atoms with Crippen LogP contribution in [0, 0.1) is 34.5 Å². The molecule has 4 fully saturated rings. The van der Waals surface area contributed by atoms with Crippen molar-refractivity contribution in [2.45, 2.75) is 245 Å². The van der Waals surface area contributed by atoms with Crippen LogP contribution in [0.5, 0.6) is 11.5 Å². The van der Waals surface area contributed by atoms with Crippen LogP contribution in [0.4, 0.5) is 0 Å². The van der Waals surface area contributed by atoms with E-state index in [0.717, 1.165) is 81.9 Å². The van der Waals surface area contributed by atoms with Crippen molar-refractivity contribution in [2.24, 2.45) is 34.5 Å². The monoisotopic (exact) mass is 1840 g/mol. The van der Waals surface area contributed by atoms with E-state index in [9.17, 15) is 47.9 Å². The maximum atomic E-state index is 13.9. The van der Waals surface area contributed by atoms with E-state index in [0.29, 0.717) is 58.6 Å². The maximum absolute atomic E-state index is 13.9. The van der Waals surface area contributed by atoms with Crippen LogP contribution in [0.1, 0.15) is 194 Å². The molecule has 10 rings (SSSR count). The zero-order valence-corrected chi connectivity index (χ0v) is 80.2. The molecule has 4 aromatic rings. The molecule has 4 N–H and O–H groups in total. The van der Waals surface area contributed by atoms with Gasteiger partial charge in [-0.15, -0.1) is 0 Å². The second-order valence-corrected chi connectivity index (χ2v) is 42.5. The van der Waals surface area contributed by atoms with Gasteiger partial charge in [-0.25, -0.2) is 9.59 Å². The fourth-order valence-corrected chi connectivity index (χ4v) is 18.4. The maximum Gasteiger partial charge on any atom is 0.347 e. The van der Waals surface area contributed by atoms with Crippen molar-refractivity contribution >= 4 is 117 Å². The molecule has 4 saturated heterocycles. The number of piperazine rings is 2. The van der Waals surface area contributed by atoms with Crippen LogP contribution in [-0.2, 0) is 102 Å². The average molecular weight is 1840 g/mol. The summed E-state index contributed by atoms with van der Waals surface area (Å²) in [6.45, 7) is 34.0. The molecule has 0 bridgehead atoms. The first-order valence-electron chi connectivity index (χ1n) is 43.9. The summed E-state index contributed by atoms with van der Waals surface area (Å²) in [4.78, 5) is 143. The number of hydrogen-bond donors (Lipinski definition) is 5. The summed E-state index contributed by atoms with van der Waals surface area (Å²) in [6, 6.07) is 24.9. The molecule has 692 valence electrons. The molecule has 31 heteroatoms. The second-order valence-electron chi connectivity index (χ2n) is 37.3. The molecule has 6 aliphatic heterocycles. The van der Waals surface area contributed by atoms with Crippen molar-refractivity contribution < 1.29 is 85.8 Å². The van der Waals surface area contributed by atoms with Crippen LogP contribution in [0.3, 0.4) is 0 Å². The summed E-state index contributed by atoms with van der Waals surface area (Å²) in [6.07, 6.45) is 6.87. The summed E-state index contributed by atoms with van der Waals surface area (Å²) in [5.41, 5.74) is 3.25. The first kappa shape index (κ1) is 102. The van der Waals surface area contributed by atoms with Gasteiger partial charge in [0, 0.05) is 138 Å². The number of methoxy groups -OCH3 is 2. The molecular formula is C95H132Cl2N8O18S3. The molecule has 12 atom stereocenters. The number of nitrogens with zero attached hydrogens (tertiary/aromatic N) is 4. The molecule has 6 aliphatic rings. The third kappa shape index (κ3) is 31.2. The Kier molecular flexibility index (Phi) is 37.7. The Morgan fingerprint density at radius 3 is 1.24 bits per heavy atom. The van der Waals surface area contributed by atoms with Gasteiger partial charge in [0.25, 0.3) is 0 Å². The normalized spacial score (nSPS) is 25.1. The van der Waals surface area contributed by atoms with Gasteiger partial charge in [0.1, 0.15) is 48.0 Å². The van der Waals surface area contributed by atoms with E-state index in [-0.39, 0.29) is 121 Å². The molecule has 0 saturated carbocycles. The van der Waals surface area contributed by atoms with Crippen LogP contribution in [-0.4, -0.2) is 223 Å². The molecule has 6 heterocycles. The number of nitrogens with one attached hydrogen (secondary N) is 4. The molecular weight excluding hydrogens is 1710 g/mol. The number of rotatable bonds is 28. The van der Waals surface area contributed by atoms with Gasteiger partial charge in [0.05, 0.1) is 47.3 Å². The molecule has 0 unspecified atom stereocenters. The van der Waals surface area contributed by atoms with Crippen molar-refractivity contribution in [3.8, 4) is 11.5 Å². The van der Waals surface area contributed by atoms with Gasteiger partial charge in [0.2, 0.25) is 35.4 Å². The molecule has 0 radical (unpaired) electrons. The fourth-order valence-electron chi connectivity index (χ4n) is 15.5. The van der Waals surface area contributed by atoms with E-state index in [2.05, 4.69) is 112 Å². The first-order chi connectivity index (χ1) is 59.5. The van der Waals surface area contributed by atoms with Crippen molar-refractivity contribution in [1.82, 2.24) is 40.9 Å². The van der Waals surface area contributed by atoms with Crippen molar-refractivity contribution in [3.05, 3.63) is 153 Å². The van der Waals surface area contributed by atoms with Crippen LogP contribution in [0.25, 0.3) is 0 Å². The Morgan fingerprint density at radius 1 is 0.532 bits per heavy atom. The number of cyclic esters (lactones) is 4. The van der Waals surface area contributed by atoms with Crippen LogP contribution in [0.15, 0.2) is 109 Å². The van der Waals surface area contributed by atoms with E-state index in [1.54, 1.807) is 87.0 Å².